The van der Waals surface area contributed by atoms with Crippen molar-refractivity contribution < 1.29 is 30.2 Å². The second-order valence-electron chi connectivity index (χ2n) is 2.80. The van der Waals surface area contributed by atoms with Gasteiger partial charge in [-0.25, -0.2) is 4.89 Å². The second kappa shape index (κ2) is 8.93. The number of rotatable bonds is 4. The highest BCUT2D eigenvalue weighted by atomic mass is 17.1. The smallest absolute Gasteiger partial charge is 0.160 e. The van der Waals surface area contributed by atoms with Crippen molar-refractivity contribution in [1.82, 2.24) is 0 Å². The van der Waals surface area contributed by atoms with Crippen molar-refractivity contribution in [2.45, 2.75) is 6.10 Å². The number of phenolic OH excluding ortho intramolecular Hbond substituents is 1. The average Bonchev–Trinajstić information content (AvgIpc) is 2.31. The van der Waals surface area contributed by atoms with Crippen LogP contribution in [-0.4, -0.2) is 47.0 Å². The second-order valence-corrected chi connectivity index (χ2v) is 2.80. The molecule has 0 spiro atoms. The molecule has 0 aliphatic carbocycles. The molecule has 6 nitrogen and oxygen atoms in total. The molecular weight excluding hydrogens is 216 g/mol. The van der Waals surface area contributed by atoms with Crippen LogP contribution in [-0.2, 0) is 4.89 Å². The first-order valence-electron chi connectivity index (χ1n) is 4.53. The molecule has 0 aromatic heterocycles. The third-order valence-corrected chi connectivity index (χ3v) is 1.56. The summed E-state index contributed by atoms with van der Waals surface area (Å²) in [6, 6.07) is 6.84. The summed E-state index contributed by atoms with van der Waals surface area (Å²) in [6.45, 7) is -0.628. The highest BCUT2D eigenvalue weighted by Gasteiger charge is 1.98. The van der Waals surface area contributed by atoms with E-state index in [-0.39, 0.29) is 19.0 Å². The van der Waals surface area contributed by atoms with Gasteiger partial charge in [-0.1, -0.05) is 12.1 Å². The molecule has 1 atom stereocenters. The third-order valence-electron chi connectivity index (χ3n) is 1.56. The Kier molecular flexibility index (Phi) is 8.18. The molecular formula is C10H16O6. The van der Waals surface area contributed by atoms with E-state index in [1.54, 1.807) is 24.3 Å². The van der Waals surface area contributed by atoms with Gasteiger partial charge in [0.05, 0.1) is 13.7 Å². The Morgan fingerprint density at radius 2 is 1.94 bits per heavy atom. The Labute approximate surface area is 93.2 Å². The summed E-state index contributed by atoms with van der Waals surface area (Å²) in [4.78, 5) is 3.48. The SMILES string of the molecule is COc1ccccc1O.OCC(O)COO. The van der Waals surface area contributed by atoms with Crippen LogP contribution in [0.5, 0.6) is 11.5 Å². The number of ether oxygens (including phenoxy) is 1. The lowest BCUT2D eigenvalue weighted by atomic mass is 10.3. The van der Waals surface area contributed by atoms with Crippen LogP contribution < -0.4 is 4.74 Å². The molecule has 1 aromatic rings. The van der Waals surface area contributed by atoms with Crippen LogP contribution in [0, 0.1) is 0 Å². The summed E-state index contributed by atoms with van der Waals surface area (Å²) in [5, 5.41) is 32.9. The Morgan fingerprint density at radius 1 is 1.31 bits per heavy atom. The number of aromatic hydroxyl groups is 1. The van der Waals surface area contributed by atoms with Gasteiger partial charge in [0.25, 0.3) is 0 Å². The van der Waals surface area contributed by atoms with E-state index in [4.69, 9.17) is 25.3 Å². The van der Waals surface area contributed by atoms with Gasteiger partial charge in [-0.15, -0.1) is 0 Å². The number of aliphatic hydroxyl groups is 2. The van der Waals surface area contributed by atoms with Crippen molar-refractivity contribution in [2.24, 2.45) is 0 Å². The Balaban J connectivity index is 0.000000293. The lowest BCUT2D eigenvalue weighted by Gasteiger charge is -2.00. The quantitative estimate of drug-likeness (QED) is 0.438. The molecule has 0 aliphatic rings. The predicted octanol–water partition coefficient (Wildman–Crippen LogP) is 0.230. The van der Waals surface area contributed by atoms with E-state index < -0.39 is 6.10 Å². The van der Waals surface area contributed by atoms with Crippen LogP contribution >= 0.6 is 0 Å². The van der Waals surface area contributed by atoms with Crippen LogP contribution in [0.4, 0.5) is 0 Å². The number of hydrogen-bond acceptors (Lipinski definition) is 6. The van der Waals surface area contributed by atoms with E-state index in [2.05, 4.69) is 4.89 Å². The maximum atomic E-state index is 8.99. The molecule has 16 heavy (non-hydrogen) atoms. The van der Waals surface area contributed by atoms with Crippen LogP contribution in [0.25, 0.3) is 0 Å². The first kappa shape index (κ1) is 14.7. The molecule has 92 valence electrons. The molecule has 1 rings (SSSR count). The minimum Gasteiger partial charge on any atom is -0.504 e. The summed E-state index contributed by atoms with van der Waals surface area (Å²) in [7, 11) is 1.52. The molecule has 0 saturated heterocycles. The number of benzene rings is 1. The molecule has 0 saturated carbocycles. The summed E-state index contributed by atoms with van der Waals surface area (Å²) in [6.07, 6.45) is -0.968. The molecule has 0 heterocycles. The zero-order valence-electron chi connectivity index (χ0n) is 8.91. The van der Waals surface area contributed by atoms with Gasteiger partial charge in [0.1, 0.15) is 12.7 Å². The van der Waals surface area contributed by atoms with Crippen molar-refractivity contribution in [3.8, 4) is 11.5 Å². The highest BCUT2D eigenvalue weighted by molar-refractivity contribution is 5.37. The number of hydrogen-bond donors (Lipinski definition) is 4. The first-order valence-corrected chi connectivity index (χ1v) is 4.53. The van der Waals surface area contributed by atoms with Crippen molar-refractivity contribution in [3.05, 3.63) is 24.3 Å². The highest BCUT2D eigenvalue weighted by Crippen LogP contribution is 2.22. The Bertz CT molecular complexity index is 278. The standard InChI is InChI=1S/C7H8O2.C3H8O4/c1-9-7-5-3-2-4-6(7)8;4-1-3(5)2-7-6/h2-5,8H,1H3;3-6H,1-2H2. The first-order chi connectivity index (χ1) is 7.65. The maximum Gasteiger partial charge on any atom is 0.160 e. The Morgan fingerprint density at radius 3 is 2.25 bits per heavy atom. The fraction of sp³-hybridized carbons (Fsp3) is 0.400. The molecule has 0 amide bonds. The van der Waals surface area contributed by atoms with Crippen LogP contribution in [0.3, 0.4) is 0 Å². The summed E-state index contributed by atoms with van der Waals surface area (Å²) in [5.41, 5.74) is 0. The van der Waals surface area contributed by atoms with E-state index >= 15 is 0 Å². The van der Waals surface area contributed by atoms with Crippen LogP contribution in [0.15, 0.2) is 24.3 Å². The van der Waals surface area contributed by atoms with Gasteiger partial charge in [-0.2, -0.15) is 0 Å². The molecule has 0 aliphatic heterocycles. The van der Waals surface area contributed by atoms with Gasteiger partial charge in [0.2, 0.25) is 0 Å². The van der Waals surface area contributed by atoms with Crippen molar-refractivity contribution in [2.75, 3.05) is 20.3 Å². The van der Waals surface area contributed by atoms with E-state index in [0.717, 1.165) is 0 Å². The van der Waals surface area contributed by atoms with E-state index in [1.165, 1.54) is 7.11 Å². The summed E-state index contributed by atoms with van der Waals surface area (Å²) < 4.78 is 4.79. The lowest BCUT2D eigenvalue weighted by Crippen LogP contribution is -2.17. The molecule has 6 heteroatoms. The fourth-order valence-corrected chi connectivity index (χ4v) is 0.769. The van der Waals surface area contributed by atoms with E-state index in [1.807, 2.05) is 0 Å². The largest absolute Gasteiger partial charge is 0.504 e. The number of aliphatic hydroxyl groups excluding tert-OH is 2. The van der Waals surface area contributed by atoms with Crippen molar-refractivity contribution >= 4 is 0 Å². The molecule has 0 bridgehead atoms. The topological polar surface area (TPSA) is 99.4 Å². The minimum absolute atomic E-state index is 0.181. The molecule has 1 aromatic carbocycles. The van der Waals surface area contributed by atoms with Gasteiger partial charge in [0, 0.05) is 0 Å². The minimum atomic E-state index is -0.968. The van der Waals surface area contributed by atoms with Crippen molar-refractivity contribution in [3.63, 3.8) is 0 Å². The van der Waals surface area contributed by atoms with Gasteiger partial charge in [-0.05, 0) is 12.1 Å². The third kappa shape index (κ3) is 6.20. The molecule has 0 radical (unpaired) electrons. The number of phenols is 1. The van der Waals surface area contributed by atoms with Gasteiger partial charge < -0.3 is 20.1 Å². The average molecular weight is 232 g/mol. The van der Waals surface area contributed by atoms with Crippen molar-refractivity contribution in [1.29, 1.82) is 0 Å². The Hall–Kier alpha value is -1.34. The predicted molar refractivity (Wildman–Crippen MR) is 56.3 cm³/mol. The van der Waals surface area contributed by atoms with E-state index in [0.29, 0.717) is 5.75 Å². The maximum absolute atomic E-state index is 8.99. The number of para-hydroxylation sites is 2. The van der Waals surface area contributed by atoms with E-state index in [9.17, 15) is 0 Å². The molecule has 0 fully saturated rings. The molecule has 4 N–H and O–H groups in total. The van der Waals surface area contributed by atoms with Crippen LogP contribution in [0.2, 0.25) is 0 Å². The lowest BCUT2D eigenvalue weighted by molar-refractivity contribution is -0.258. The van der Waals surface area contributed by atoms with Gasteiger partial charge in [0.15, 0.2) is 11.5 Å². The van der Waals surface area contributed by atoms with Gasteiger partial charge in [-0.3, -0.25) is 5.26 Å². The monoisotopic (exact) mass is 232 g/mol. The molecule has 1 unspecified atom stereocenters. The normalized spacial score (nSPS) is 11.2. The van der Waals surface area contributed by atoms with Crippen LogP contribution in [0.1, 0.15) is 0 Å². The number of methoxy groups -OCH3 is 1. The fourth-order valence-electron chi connectivity index (χ4n) is 0.769. The summed E-state index contributed by atoms with van der Waals surface area (Å²) in [5.74, 6) is 0.692. The summed E-state index contributed by atoms with van der Waals surface area (Å²) >= 11 is 0. The zero-order chi connectivity index (χ0) is 12.4. The van der Waals surface area contributed by atoms with Gasteiger partial charge >= 0.3 is 0 Å². The zero-order valence-corrected chi connectivity index (χ0v) is 8.91.